The van der Waals surface area contributed by atoms with Gasteiger partial charge in [0.1, 0.15) is 5.82 Å². The van der Waals surface area contributed by atoms with Crippen LogP contribution in [0.3, 0.4) is 0 Å². The molecule has 5 nitrogen and oxygen atoms in total. The summed E-state index contributed by atoms with van der Waals surface area (Å²) < 4.78 is 1.78. The molecule has 0 saturated carbocycles. The van der Waals surface area contributed by atoms with Gasteiger partial charge in [-0.15, -0.1) is 10.2 Å². The number of rotatable bonds is 1. The van der Waals surface area contributed by atoms with Gasteiger partial charge in [-0.05, 0) is 31.2 Å². The molecule has 2 aromatic carbocycles. The number of aromatic nitrogens is 3. The molecule has 0 radical (unpaired) electrons. The maximum Gasteiger partial charge on any atom is 0.207 e. The number of aliphatic hydroxyl groups excluding tert-OH is 1. The molecule has 1 atom stereocenters. The molecule has 0 unspecified atom stereocenters. The number of hydrogen-bond acceptors (Lipinski definition) is 4. The van der Waals surface area contributed by atoms with Crippen molar-refractivity contribution < 1.29 is 5.11 Å². The first kappa shape index (κ1) is 15.3. The van der Waals surface area contributed by atoms with Gasteiger partial charge >= 0.3 is 0 Å². The smallest absolute Gasteiger partial charge is 0.207 e. The van der Waals surface area contributed by atoms with Gasteiger partial charge < -0.3 is 5.11 Å². The molecule has 2 heterocycles. The van der Waals surface area contributed by atoms with Gasteiger partial charge in [-0.3, -0.25) is 4.57 Å². The molecule has 1 aliphatic rings. The zero-order valence-corrected chi connectivity index (χ0v) is 14.1. The zero-order valence-electron chi connectivity index (χ0n) is 12.6. The van der Waals surface area contributed by atoms with Gasteiger partial charge in [0.2, 0.25) is 6.23 Å². The van der Waals surface area contributed by atoms with Crippen LogP contribution in [0, 0.1) is 6.92 Å². The fraction of sp³-hybridized carbons (Fsp3) is 0.118. The first-order valence-electron chi connectivity index (χ1n) is 7.29. The molecule has 4 rings (SSSR count). The predicted octanol–water partition coefficient (Wildman–Crippen LogP) is 3.72. The molecule has 24 heavy (non-hydrogen) atoms. The second kappa shape index (κ2) is 5.70. The number of halogens is 2. The Hall–Kier alpha value is -2.21. The molecule has 3 aromatic rings. The van der Waals surface area contributed by atoms with Crippen LogP contribution in [0.4, 0.5) is 0 Å². The predicted molar refractivity (Wildman–Crippen MR) is 93.2 cm³/mol. The molecule has 120 valence electrons. The van der Waals surface area contributed by atoms with E-state index in [1.54, 1.807) is 22.8 Å². The molecular weight excluding hydrogens is 347 g/mol. The lowest BCUT2D eigenvalue weighted by Gasteiger charge is -2.13. The molecule has 0 aliphatic carbocycles. The van der Waals surface area contributed by atoms with Crippen LogP contribution in [-0.4, -0.2) is 25.6 Å². The average Bonchev–Trinajstić information content (AvgIpc) is 2.89. The average molecular weight is 359 g/mol. The van der Waals surface area contributed by atoms with Crippen LogP contribution in [0.15, 0.2) is 47.5 Å². The normalized spacial score (nSPS) is 16.2. The second-order valence-corrected chi connectivity index (χ2v) is 6.28. The van der Waals surface area contributed by atoms with E-state index in [0.29, 0.717) is 27.4 Å². The second-order valence-electron chi connectivity index (χ2n) is 5.43. The summed E-state index contributed by atoms with van der Waals surface area (Å²) in [5.41, 5.74) is 2.84. The first-order valence-corrected chi connectivity index (χ1v) is 8.05. The van der Waals surface area contributed by atoms with E-state index in [1.165, 1.54) is 0 Å². The van der Waals surface area contributed by atoms with Crippen LogP contribution in [0.5, 0.6) is 0 Å². The Morgan fingerprint density at radius 2 is 1.83 bits per heavy atom. The minimum absolute atomic E-state index is 0.359. The van der Waals surface area contributed by atoms with Gasteiger partial charge in [-0.25, -0.2) is 4.99 Å². The minimum Gasteiger partial charge on any atom is -0.365 e. The summed E-state index contributed by atoms with van der Waals surface area (Å²) in [4.78, 5) is 4.45. The number of benzene rings is 2. The SMILES string of the molecule is Cc1nnc2n1-c1ccc(Cl)cc1C(c1ccccc1Cl)=N[C@H]2O. The van der Waals surface area contributed by atoms with Gasteiger partial charge in [-0.2, -0.15) is 0 Å². The van der Waals surface area contributed by atoms with Crippen LogP contribution in [0.1, 0.15) is 29.0 Å². The molecule has 1 N–H and O–H groups in total. The molecule has 1 aromatic heterocycles. The van der Waals surface area contributed by atoms with Crippen LogP contribution in [0.2, 0.25) is 10.0 Å². The Kier molecular flexibility index (Phi) is 3.64. The molecule has 0 saturated heterocycles. The Morgan fingerprint density at radius 1 is 1.04 bits per heavy atom. The van der Waals surface area contributed by atoms with Crippen LogP contribution < -0.4 is 0 Å². The topological polar surface area (TPSA) is 63.3 Å². The number of aliphatic hydroxyl groups is 1. The van der Waals surface area contributed by atoms with Crippen molar-refractivity contribution in [2.75, 3.05) is 0 Å². The molecule has 1 aliphatic heterocycles. The van der Waals surface area contributed by atoms with E-state index in [4.69, 9.17) is 23.2 Å². The highest BCUT2D eigenvalue weighted by Gasteiger charge is 2.27. The van der Waals surface area contributed by atoms with E-state index in [-0.39, 0.29) is 0 Å². The lowest BCUT2D eigenvalue weighted by molar-refractivity contribution is 0.177. The van der Waals surface area contributed by atoms with Crippen molar-refractivity contribution >= 4 is 28.9 Å². The van der Waals surface area contributed by atoms with Crippen molar-refractivity contribution in [3.8, 4) is 5.69 Å². The Bertz CT molecular complexity index is 980. The fourth-order valence-electron chi connectivity index (χ4n) is 2.85. The summed E-state index contributed by atoms with van der Waals surface area (Å²) in [6.45, 7) is 1.82. The van der Waals surface area contributed by atoms with Gasteiger partial charge in [0.05, 0.1) is 11.4 Å². The van der Waals surface area contributed by atoms with E-state index < -0.39 is 6.23 Å². The van der Waals surface area contributed by atoms with E-state index in [1.807, 2.05) is 31.2 Å². The number of aryl methyl sites for hydroxylation is 1. The lowest BCUT2D eigenvalue weighted by atomic mass is 10.0. The summed E-state index contributed by atoms with van der Waals surface area (Å²) in [6.07, 6.45) is -1.15. The highest BCUT2D eigenvalue weighted by Crippen LogP contribution is 2.32. The summed E-state index contributed by atoms with van der Waals surface area (Å²) in [5, 5.41) is 19.8. The molecule has 0 spiro atoms. The number of aliphatic imine (C=N–C) groups is 1. The van der Waals surface area contributed by atoms with Gasteiger partial charge in [0.25, 0.3) is 0 Å². The van der Waals surface area contributed by atoms with E-state index in [2.05, 4.69) is 15.2 Å². The number of fused-ring (bicyclic) bond motifs is 3. The third-order valence-corrected chi connectivity index (χ3v) is 4.48. The van der Waals surface area contributed by atoms with Crippen molar-refractivity contribution in [3.05, 3.63) is 75.3 Å². The van der Waals surface area contributed by atoms with Gasteiger partial charge in [-0.1, -0.05) is 41.4 Å². The third kappa shape index (κ3) is 2.33. The van der Waals surface area contributed by atoms with Crippen LogP contribution in [-0.2, 0) is 0 Å². The minimum atomic E-state index is -1.15. The van der Waals surface area contributed by atoms with E-state index >= 15 is 0 Å². The van der Waals surface area contributed by atoms with Crippen molar-refractivity contribution in [2.24, 2.45) is 4.99 Å². The van der Waals surface area contributed by atoms with Crippen molar-refractivity contribution in [3.63, 3.8) is 0 Å². The molecule has 7 heteroatoms. The quantitative estimate of drug-likeness (QED) is 0.720. The van der Waals surface area contributed by atoms with Gasteiger partial charge in [0, 0.05) is 21.2 Å². The Balaban J connectivity index is 2.07. The summed E-state index contributed by atoms with van der Waals surface area (Å²) in [7, 11) is 0. The molecule has 0 fully saturated rings. The number of hydrogen-bond donors (Lipinski definition) is 1. The van der Waals surface area contributed by atoms with Crippen LogP contribution >= 0.6 is 23.2 Å². The monoisotopic (exact) mass is 358 g/mol. The maximum absolute atomic E-state index is 10.5. The lowest BCUT2D eigenvalue weighted by Crippen LogP contribution is -2.08. The standard InChI is InChI=1S/C17H12Cl2N4O/c1-9-21-22-16-17(24)20-15(11-4-2-3-5-13(11)19)12-8-10(18)6-7-14(12)23(9)16/h2-8,17,24H,1H3/t17-/m0/s1. The van der Waals surface area contributed by atoms with Crippen LogP contribution in [0.25, 0.3) is 5.69 Å². The Morgan fingerprint density at radius 3 is 2.62 bits per heavy atom. The molecule has 0 bridgehead atoms. The summed E-state index contributed by atoms with van der Waals surface area (Å²) in [6, 6.07) is 12.8. The van der Waals surface area contributed by atoms with Crippen molar-refractivity contribution in [2.45, 2.75) is 13.2 Å². The highest BCUT2D eigenvalue weighted by atomic mass is 35.5. The number of nitrogens with zero attached hydrogens (tertiary/aromatic N) is 4. The summed E-state index contributed by atoms with van der Waals surface area (Å²) >= 11 is 12.6. The van der Waals surface area contributed by atoms with Crippen molar-refractivity contribution in [1.29, 1.82) is 0 Å². The molecule has 0 amide bonds. The third-order valence-electron chi connectivity index (χ3n) is 3.92. The maximum atomic E-state index is 10.5. The van der Waals surface area contributed by atoms with E-state index in [0.717, 1.165) is 16.8 Å². The highest BCUT2D eigenvalue weighted by molar-refractivity contribution is 6.36. The fourth-order valence-corrected chi connectivity index (χ4v) is 3.25. The molecular formula is C17H12Cl2N4O. The Labute approximate surface area is 148 Å². The van der Waals surface area contributed by atoms with E-state index in [9.17, 15) is 5.11 Å². The summed E-state index contributed by atoms with van der Waals surface area (Å²) in [5.74, 6) is 1.02. The van der Waals surface area contributed by atoms with Crippen molar-refractivity contribution in [1.82, 2.24) is 14.8 Å². The zero-order chi connectivity index (χ0) is 16.8. The van der Waals surface area contributed by atoms with Gasteiger partial charge in [0.15, 0.2) is 5.82 Å². The largest absolute Gasteiger partial charge is 0.365 e. The first-order chi connectivity index (χ1) is 11.6.